The summed E-state index contributed by atoms with van der Waals surface area (Å²) in [7, 11) is 0. The van der Waals surface area contributed by atoms with Gasteiger partial charge in [-0.2, -0.15) is 0 Å². The molecule has 0 fully saturated rings. The second-order valence-corrected chi connectivity index (χ2v) is 6.34. The average Bonchev–Trinajstić information content (AvgIpc) is 3.18. The Morgan fingerprint density at radius 3 is 1.44 bits per heavy atom. The van der Waals surface area contributed by atoms with Crippen molar-refractivity contribution in [3.63, 3.8) is 0 Å². The summed E-state index contributed by atoms with van der Waals surface area (Å²) in [6, 6.07) is 32.2. The Labute approximate surface area is 149 Å². The van der Waals surface area contributed by atoms with Crippen LogP contribution in [0.15, 0.2) is 103 Å². The van der Waals surface area contributed by atoms with Crippen LogP contribution >= 0.6 is 0 Å². The van der Waals surface area contributed by atoms with Crippen LogP contribution in [0.3, 0.4) is 0 Å². The van der Waals surface area contributed by atoms with Crippen molar-refractivity contribution in [1.29, 1.82) is 0 Å². The number of hydrogen-bond acceptors (Lipinski definition) is 0. The second-order valence-electron chi connectivity index (χ2n) is 6.34. The predicted octanol–water partition coefficient (Wildman–Crippen LogP) is 5.66. The number of rotatable bonds is 5. The molecule has 0 aliphatic rings. The lowest BCUT2D eigenvalue weighted by molar-refractivity contribution is 0.993. The quantitative estimate of drug-likeness (QED) is 0.446. The lowest BCUT2D eigenvalue weighted by atomic mass is 9.96. The van der Waals surface area contributed by atoms with Gasteiger partial charge in [-0.3, -0.25) is 0 Å². The number of benzene rings is 3. The summed E-state index contributed by atoms with van der Waals surface area (Å²) in [5.41, 5.74) is 6.70. The van der Waals surface area contributed by atoms with E-state index >= 15 is 0 Å². The molecule has 1 heterocycles. The molecule has 4 aromatic rings. The Balaban J connectivity index is 1.77. The lowest BCUT2D eigenvalue weighted by Crippen LogP contribution is -2.04. The molecule has 0 saturated heterocycles. The molecule has 0 amide bonds. The smallest absolute Gasteiger partial charge is 0.0520 e. The van der Waals surface area contributed by atoms with Gasteiger partial charge in [-0.05, 0) is 47.2 Å². The van der Waals surface area contributed by atoms with Crippen LogP contribution in [0.25, 0.3) is 5.69 Å². The molecule has 0 spiro atoms. The minimum atomic E-state index is 0.941. The maximum absolute atomic E-state index is 2.25. The second kappa shape index (κ2) is 7.23. The maximum Gasteiger partial charge on any atom is 0.0520 e. The van der Waals surface area contributed by atoms with Gasteiger partial charge in [-0.15, -0.1) is 0 Å². The van der Waals surface area contributed by atoms with E-state index in [4.69, 9.17) is 0 Å². The highest BCUT2D eigenvalue weighted by atomic mass is 14.9. The van der Waals surface area contributed by atoms with Crippen LogP contribution in [-0.4, -0.2) is 4.57 Å². The van der Waals surface area contributed by atoms with Gasteiger partial charge in [0.1, 0.15) is 0 Å². The summed E-state index contributed by atoms with van der Waals surface area (Å²) in [5, 5.41) is 0. The molecule has 0 N–H and O–H groups in total. The molecule has 1 nitrogen and oxygen atoms in total. The predicted molar refractivity (Wildman–Crippen MR) is 104 cm³/mol. The van der Waals surface area contributed by atoms with Crippen LogP contribution in [0, 0.1) is 0 Å². The Kier molecular flexibility index (Phi) is 4.47. The third kappa shape index (κ3) is 3.56. The third-order valence-electron chi connectivity index (χ3n) is 4.54. The molecular weight excluding hydrogens is 302 g/mol. The molecule has 0 aliphatic carbocycles. The van der Waals surface area contributed by atoms with E-state index in [1.807, 2.05) is 0 Å². The molecule has 0 aliphatic heterocycles. The van der Waals surface area contributed by atoms with E-state index < -0.39 is 0 Å². The van der Waals surface area contributed by atoms with Gasteiger partial charge in [0.05, 0.1) is 5.69 Å². The zero-order valence-corrected chi connectivity index (χ0v) is 14.2. The van der Waals surface area contributed by atoms with Crippen LogP contribution in [-0.2, 0) is 12.8 Å². The fraction of sp³-hybridized carbons (Fsp3) is 0.0833. The molecule has 1 aromatic heterocycles. The molecule has 4 rings (SSSR count). The SMILES string of the molecule is c1ccc(Cc2cccc(Cc3ccccc3)c2-n2cccc2)cc1. The van der Waals surface area contributed by atoms with Crippen molar-refractivity contribution in [3.8, 4) is 5.69 Å². The van der Waals surface area contributed by atoms with Crippen LogP contribution in [0.4, 0.5) is 0 Å². The number of nitrogens with zero attached hydrogens (tertiary/aromatic N) is 1. The first kappa shape index (κ1) is 15.5. The standard InChI is InChI=1S/C24H21N/c1-3-10-20(11-4-1)18-22-14-9-15-23(19-21-12-5-2-6-13-21)24(22)25-16-7-8-17-25/h1-17H,18-19H2. The van der Waals surface area contributed by atoms with Crippen molar-refractivity contribution in [2.24, 2.45) is 0 Å². The minimum Gasteiger partial charge on any atom is -0.323 e. The van der Waals surface area contributed by atoms with Crippen LogP contribution in [0.1, 0.15) is 22.3 Å². The molecule has 25 heavy (non-hydrogen) atoms. The zero-order chi connectivity index (χ0) is 16.9. The monoisotopic (exact) mass is 323 g/mol. The van der Waals surface area contributed by atoms with Gasteiger partial charge in [0.15, 0.2) is 0 Å². The summed E-state index contributed by atoms with van der Waals surface area (Å²) in [5.74, 6) is 0. The summed E-state index contributed by atoms with van der Waals surface area (Å²) in [6.07, 6.45) is 6.16. The van der Waals surface area contributed by atoms with E-state index in [0.29, 0.717) is 0 Å². The molecule has 0 atom stereocenters. The fourth-order valence-corrected chi connectivity index (χ4v) is 3.38. The van der Waals surface area contributed by atoms with Crippen molar-refractivity contribution in [3.05, 3.63) is 126 Å². The maximum atomic E-state index is 2.25. The minimum absolute atomic E-state index is 0.941. The van der Waals surface area contributed by atoms with Gasteiger partial charge in [-0.1, -0.05) is 78.9 Å². The van der Waals surface area contributed by atoms with E-state index in [9.17, 15) is 0 Å². The molecule has 0 bridgehead atoms. The highest BCUT2D eigenvalue weighted by Crippen LogP contribution is 2.25. The van der Waals surface area contributed by atoms with E-state index in [2.05, 4.69) is 108 Å². The zero-order valence-electron chi connectivity index (χ0n) is 14.2. The van der Waals surface area contributed by atoms with Gasteiger partial charge in [0, 0.05) is 12.4 Å². The summed E-state index contributed by atoms with van der Waals surface area (Å²) in [6.45, 7) is 0. The van der Waals surface area contributed by atoms with E-state index in [1.165, 1.54) is 27.9 Å². The van der Waals surface area contributed by atoms with E-state index in [1.54, 1.807) is 0 Å². The number of para-hydroxylation sites is 1. The summed E-state index contributed by atoms with van der Waals surface area (Å²) < 4.78 is 2.25. The van der Waals surface area contributed by atoms with E-state index in [-0.39, 0.29) is 0 Å². The van der Waals surface area contributed by atoms with Gasteiger partial charge in [0.25, 0.3) is 0 Å². The first-order chi connectivity index (χ1) is 12.4. The molecule has 1 heteroatoms. The topological polar surface area (TPSA) is 4.93 Å². The van der Waals surface area contributed by atoms with Crippen LogP contribution < -0.4 is 0 Å². The Morgan fingerprint density at radius 1 is 0.480 bits per heavy atom. The largest absolute Gasteiger partial charge is 0.323 e. The lowest BCUT2D eigenvalue weighted by Gasteiger charge is -2.16. The molecular formula is C24H21N. The van der Waals surface area contributed by atoms with Gasteiger partial charge < -0.3 is 4.57 Å². The van der Waals surface area contributed by atoms with Gasteiger partial charge in [-0.25, -0.2) is 0 Å². The molecule has 0 unspecified atom stereocenters. The van der Waals surface area contributed by atoms with Crippen molar-refractivity contribution in [2.75, 3.05) is 0 Å². The van der Waals surface area contributed by atoms with Crippen molar-refractivity contribution >= 4 is 0 Å². The first-order valence-electron chi connectivity index (χ1n) is 8.72. The van der Waals surface area contributed by atoms with Crippen LogP contribution in [0.5, 0.6) is 0 Å². The Morgan fingerprint density at radius 2 is 0.960 bits per heavy atom. The number of aromatic nitrogens is 1. The first-order valence-corrected chi connectivity index (χ1v) is 8.72. The highest BCUT2D eigenvalue weighted by Gasteiger charge is 2.11. The Hall–Kier alpha value is -3.06. The summed E-state index contributed by atoms with van der Waals surface area (Å²) >= 11 is 0. The highest BCUT2D eigenvalue weighted by molar-refractivity contribution is 5.52. The fourth-order valence-electron chi connectivity index (χ4n) is 3.38. The molecule has 0 saturated carbocycles. The third-order valence-corrected chi connectivity index (χ3v) is 4.54. The molecule has 0 radical (unpaired) electrons. The van der Waals surface area contributed by atoms with Crippen LogP contribution in [0.2, 0.25) is 0 Å². The summed E-state index contributed by atoms with van der Waals surface area (Å²) in [4.78, 5) is 0. The van der Waals surface area contributed by atoms with Gasteiger partial charge >= 0.3 is 0 Å². The molecule has 3 aromatic carbocycles. The Bertz CT molecular complexity index is 863. The average molecular weight is 323 g/mol. The van der Waals surface area contributed by atoms with E-state index in [0.717, 1.165) is 12.8 Å². The van der Waals surface area contributed by atoms with Gasteiger partial charge in [0.2, 0.25) is 0 Å². The van der Waals surface area contributed by atoms with Crippen molar-refractivity contribution in [2.45, 2.75) is 12.8 Å². The van der Waals surface area contributed by atoms with Crippen molar-refractivity contribution in [1.82, 2.24) is 4.57 Å². The number of hydrogen-bond donors (Lipinski definition) is 0. The van der Waals surface area contributed by atoms with Crippen molar-refractivity contribution < 1.29 is 0 Å². The molecule has 122 valence electrons. The normalized spacial score (nSPS) is 10.7.